The van der Waals surface area contributed by atoms with Gasteiger partial charge in [-0.25, -0.2) is 9.37 Å². The minimum absolute atomic E-state index is 0.167. The van der Waals surface area contributed by atoms with Gasteiger partial charge in [-0.3, -0.25) is 0 Å². The Kier molecular flexibility index (Phi) is 4.63. The summed E-state index contributed by atoms with van der Waals surface area (Å²) < 4.78 is 32.0. The molecule has 0 aliphatic carbocycles. The van der Waals surface area contributed by atoms with E-state index < -0.39 is 11.6 Å². The topological polar surface area (TPSA) is 34.2 Å². The summed E-state index contributed by atoms with van der Waals surface area (Å²) in [5.41, 5.74) is 1.78. The predicted octanol–water partition coefficient (Wildman–Crippen LogP) is 3.57. The quantitative estimate of drug-likeness (QED) is 0.908. The molecule has 0 fully saturated rings. The van der Waals surface area contributed by atoms with Crippen molar-refractivity contribution in [2.24, 2.45) is 0 Å². The second-order valence-corrected chi connectivity index (χ2v) is 4.40. The lowest BCUT2D eigenvalue weighted by molar-refractivity contribution is 0.403. The summed E-state index contributed by atoms with van der Waals surface area (Å²) in [7, 11) is 0. The fraction of sp³-hybridized carbons (Fsp3) is 0.267. The number of aromatic nitrogens is 1. The lowest BCUT2D eigenvalue weighted by Crippen LogP contribution is -2.12. The van der Waals surface area contributed by atoms with E-state index in [1.54, 1.807) is 6.20 Å². The van der Waals surface area contributed by atoms with Gasteiger partial charge in [-0.2, -0.15) is 4.39 Å². The zero-order valence-corrected chi connectivity index (χ0v) is 11.4. The monoisotopic (exact) mass is 278 g/mol. The summed E-state index contributed by atoms with van der Waals surface area (Å²) in [5, 5.41) is 3.19. The number of ether oxygens (including phenoxy) is 1. The van der Waals surface area contributed by atoms with Gasteiger partial charge in [0.25, 0.3) is 0 Å². The average Bonchev–Trinajstić information content (AvgIpc) is 2.44. The normalized spacial score (nSPS) is 10.6. The van der Waals surface area contributed by atoms with Crippen molar-refractivity contribution < 1.29 is 13.5 Å². The Morgan fingerprint density at radius 2 is 2.10 bits per heavy atom. The van der Waals surface area contributed by atoms with E-state index in [4.69, 9.17) is 4.74 Å². The molecule has 0 aliphatic heterocycles. The summed E-state index contributed by atoms with van der Waals surface area (Å²) in [6, 6.07) is 5.71. The largest absolute Gasteiger partial charge is 0.436 e. The van der Waals surface area contributed by atoms with Crippen molar-refractivity contribution in [1.82, 2.24) is 10.3 Å². The maximum Gasteiger partial charge on any atom is 0.222 e. The van der Waals surface area contributed by atoms with Crippen molar-refractivity contribution in [1.29, 1.82) is 0 Å². The predicted molar refractivity (Wildman–Crippen MR) is 72.8 cm³/mol. The summed E-state index contributed by atoms with van der Waals surface area (Å²) in [6.07, 6.45) is 1.65. The third-order valence-corrected chi connectivity index (χ3v) is 2.79. The third kappa shape index (κ3) is 3.30. The second kappa shape index (κ2) is 6.43. The molecule has 1 aromatic heterocycles. The first-order valence-corrected chi connectivity index (χ1v) is 6.40. The Hall–Kier alpha value is -2.01. The molecule has 2 rings (SSSR count). The van der Waals surface area contributed by atoms with Gasteiger partial charge in [0.1, 0.15) is 0 Å². The van der Waals surface area contributed by atoms with Crippen molar-refractivity contribution in [2.75, 3.05) is 6.54 Å². The number of hydrogen-bond acceptors (Lipinski definition) is 3. The van der Waals surface area contributed by atoms with Crippen LogP contribution in [0.15, 0.2) is 30.5 Å². The molecule has 0 unspecified atom stereocenters. The Morgan fingerprint density at radius 1 is 1.30 bits per heavy atom. The molecular formula is C15H16F2N2O. The van der Waals surface area contributed by atoms with Gasteiger partial charge in [-0.1, -0.05) is 13.0 Å². The Morgan fingerprint density at radius 3 is 2.80 bits per heavy atom. The van der Waals surface area contributed by atoms with E-state index in [-0.39, 0.29) is 11.6 Å². The van der Waals surface area contributed by atoms with Crippen LogP contribution in [0.4, 0.5) is 8.78 Å². The van der Waals surface area contributed by atoms with E-state index in [0.29, 0.717) is 6.54 Å². The smallest absolute Gasteiger partial charge is 0.222 e. The summed E-state index contributed by atoms with van der Waals surface area (Å²) in [6.45, 7) is 5.41. The van der Waals surface area contributed by atoms with Crippen LogP contribution >= 0.6 is 0 Å². The van der Waals surface area contributed by atoms with E-state index in [0.717, 1.165) is 23.7 Å². The van der Waals surface area contributed by atoms with Gasteiger partial charge in [0.15, 0.2) is 11.6 Å². The van der Waals surface area contributed by atoms with Crippen LogP contribution in [0.25, 0.3) is 0 Å². The van der Waals surface area contributed by atoms with Gasteiger partial charge in [-0.15, -0.1) is 0 Å². The van der Waals surface area contributed by atoms with Gasteiger partial charge in [0.05, 0.1) is 0 Å². The molecule has 0 saturated heterocycles. The SMILES string of the molecule is CCNCc1cnc(Oc2cccc(F)c2F)c(C)c1. The molecule has 0 spiro atoms. The molecule has 0 atom stereocenters. The third-order valence-electron chi connectivity index (χ3n) is 2.79. The van der Waals surface area contributed by atoms with E-state index in [1.165, 1.54) is 12.1 Å². The Bertz CT molecular complexity index is 602. The molecule has 3 nitrogen and oxygen atoms in total. The van der Waals surface area contributed by atoms with Crippen LogP contribution < -0.4 is 10.1 Å². The second-order valence-electron chi connectivity index (χ2n) is 4.40. The number of benzene rings is 1. The van der Waals surface area contributed by atoms with Crippen LogP contribution in [0.5, 0.6) is 11.6 Å². The summed E-state index contributed by atoms with van der Waals surface area (Å²) in [4.78, 5) is 4.15. The van der Waals surface area contributed by atoms with Crippen LogP contribution in [0.3, 0.4) is 0 Å². The lowest BCUT2D eigenvalue weighted by Gasteiger charge is -2.10. The molecular weight excluding hydrogens is 262 g/mol. The van der Waals surface area contributed by atoms with Crippen LogP contribution in [0.1, 0.15) is 18.1 Å². The molecule has 0 amide bonds. The molecule has 1 heterocycles. The zero-order valence-electron chi connectivity index (χ0n) is 11.4. The van der Waals surface area contributed by atoms with Crippen molar-refractivity contribution in [2.45, 2.75) is 20.4 Å². The fourth-order valence-electron chi connectivity index (χ4n) is 1.76. The minimum Gasteiger partial charge on any atom is -0.436 e. The molecule has 0 aliphatic rings. The first-order valence-electron chi connectivity index (χ1n) is 6.40. The highest BCUT2D eigenvalue weighted by atomic mass is 19.2. The molecule has 0 radical (unpaired) electrons. The molecule has 1 N–H and O–H groups in total. The summed E-state index contributed by atoms with van der Waals surface area (Å²) in [5.74, 6) is -1.84. The number of rotatable bonds is 5. The van der Waals surface area contributed by atoms with E-state index in [9.17, 15) is 8.78 Å². The van der Waals surface area contributed by atoms with E-state index in [1.807, 2.05) is 19.9 Å². The highest BCUT2D eigenvalue weighted by molar-refractivity contribution is 5.34. The highest BCUT2D eigenvalue weighted by Gasteiger charge is 2.12. The number of hydrogen-bond donors (Lipinski definition) is 1. The molecule has 5 heteroatoms. The zero-order chi connectivity index (χ0) is 14.5. The number of nitrogens with one attached hydrogen (secondary N) is 1. The van der Waals surface area contributed by atoms with Gasteiger partial charge >= 0.3 is 0 Å². The molecule has 106 valence electrons. The van der Waals surface area contributed by atoms with E-state index >= 15 is 0 Å². The Balaban J connectivity index is 2.19. The number of aryl methyl sites for hydroxylation is 1. The molecule has 0 bridgehead atoms. The number of halogens is 2. The molecule has 0 saturated carbocycles. The van der Waals surface area contributed by atoms with Crippen molar-refractivity contribution in [3.63, 3.8) is 0 Å². The molecule has 2 aromatic rings. The number of pyridine rings is 1. The molecule has 1 aromatic carbocycles. The van der Waals surface area contributed by atoms with Gasteiger partial charge in [0.2, 0.25) is 11.7 Å². The maximum absolute atomic E-state index is 13.5. The van der Waals surface area contributed by atoms with Crippen LogP contribution in [-0.4, -0.2) is 11.5 Å². The first kappa shape index (κ1) is 14.4. The van der Waals surface area contributed by atoms with Crippen LogP contribution in [0.2, 0.25) is 0 Å². The Labute approximate surface area is 116 Å². The fourth-order valence-corrected chi connectivity index (χ4v) is 1.76. The van der Waals surface area contributed by atoms with Gasteiger partial charge in [-0.05, 0) is 37.2 Å². The van der Waals surface area contributed by atoms with Crippen molar-refractivity contribution >= 4 is 0 Å². The maximum atomic E-state index is 13.5. The highest BCUT2D eigenvalue weighted by Crippen LogP contribution is 2.26. The first-order chi connectivity index (χ1) is 9.61. The average molecular weight is 278 g/mol. The standard InChI is InChI=1S/C15H16F2N2O/c1-3-18-8-11-7-10(2)15(19-9-11)20-13-6-4-5-12(16)14(13)17/h4-7,9,18H,3,8H2,1-2H3. The van der Waals surface area contributed by atoms with Gasteiger partial charge in [0, 0.05) is 18.3 Å². The summed E-state index contributed by atoms with van der Waals surface area (Å²) >= 11 is 0. The number of nitrogens with zero attached hydrogens (tertiary/aromatic N) is 1. The van der Waals surface area contributed by atoms with Gasteiger partial charge < -0.3 is 10.1 Å². The van der Waals surface area contributed by atoms with Crippen LogP contribution in [-0.2, 0) is 6.54 Å². The lowest BCUT2D eigenvalue weighted by atomic mass is 10.2. The minimum atomic E-state index is -1.01. The van der Waals surface area contributed by atoms with Crippen molar-refractivity contribution in [3.8, 4) is 11.6 Å². The van der Waals surface area contributed by atoms with E-state index in [2.05, 4.69) is 10.3 Å². The van der Waals surface area contributed by atoms with Crippen molar-refractivity contribution in [3.05, 3.63) is 53.2 Å². The van der Waals surface area contributed by atoms with Crippen LogP contribution in [0, 0.1) is 18.6 Å². The molecule has 20 heavy (non-hydrogen) atoms.